The number of piperidine rings is 1. The van der Waals surface area contributed by atoms with Crippen LogP contribution in [-0.2, 0) is 7.05 Å². The van der Waals surface area contributed by atoms with Gasteiger partial charge in [0.25, 0.3) is 5.91 Å². The number of nitrogens with zero attached hydrogens (tertiary/aromatic N) is 6. The van der Waals surface area contributed by atoms with Crippen molar-refractivity contribution in [2.45, 2.75) is 18.9 Å². The summed E-state index contributed by atoms with van der Waals surface area (Å²) in [4.78, 5) is 25.0. The van der Waals surface area contributed by atoms with Gasteiger partial charge in [-0.25, -0.2) is 9.97 Å². The number of anilines is 2. The Morgan fingerprint density at radius 3 is 2.69 bits per heavy atom. The van der Waals surface area contributed by atoms with Crippen molar-refractivity contribution in [1.82, 2.24) is 24.6 Å². The summed E-state index contributed by atoms with van der Waals surface area (Å²) in [5.74, 6) is 2.00. The number of aromatic nitrogens is 4. The summed E-state index contributed by atoms with van der Waals surface area (Å²) in [6.45, 7) is 1.36. The van der Waals surface area contributed by atoms with E-state index < -0.39 is 0 Å². The molecule has 1 aliphatic rings. The van der Waals surface area contributed by atoms with Crippen molar-refractivity contribution in [2.75, 3.05) is 44.5 Å². The number of carbonyl (C=O) groups is 1. The lowest BCUT2D eigenvalue weighted by Gasteiger charge is -2.32. The van der Waals surface area contributed by atoms with Crippen LogP contribution in [0.25, 0.3) is 0 Å². The minimum absolute atomic E-state index is 0.0367. The molecule has 2 aromatic rings. The zero-order valence-electron chi connectivity index (χ0n) is 15.6. The topological polar surface area (TPSA) is 88.4 Å². The van der Waals surface area contributed by atoms with Crippen molar-refractivity contribution in [3.63, 3.8) is 0 Å². The molecule has 0 spiro atoms. The van der Waals surface area contributed by atoms with Crippen molar-refractivity contribution in [2.24, 2.45) is 7.05 Å². The molecule has 1 fully saturated rings. The number of aryl methyl sites for hydroxylation is 1. The van der Waals surface area contributed by atoms with Crippen LogP contribution in [0.2, 0.25) is 0 Å². The van der Waals surface area contributed by atoms with E-state index in [1.165, 1.54) is 7.11 Å². The van der Waals surface area contributed by atoms with E-state index in [9.17, 15) is 4.79 Å². The molecule has 1 amide bonds. The third kappa shape index (κ3) is 3.87. The number of likely N-dealkylation sites (tertiary alicyclic amines) is 1. The largest absolute Gasteiger partial charge is 0.479 e. The highest BCUT2D eigenvalue weighted by atomic mass is 16.5. The number of ether oxygens (including phenoxy) is 1. The molecule has 2 aromatic heterocycles. The Balaban J connectivity index is 1.59. The fourth-order valence-electron chi connectivity index (χ4n) is 3.04. The number of rotatable bonds is 5. The smallest absolute Gasteiger partial charge is 0.260 e. The summed E-state index contributed by atoms with van der Waals surface area (Å²) in [5, 5.41) is 7.60. The fourth-order valence-corrected chi connectivity index (χ4v) is 3.04. The quantitative estimate of drug-likeness (QED) is 0.852. The van der Waals surface area contributed by atoms with Gasteiger partial charge in [-0.1, -0.05) is 0 Å². The van der Waals surface area contributed by atoms with Crippen LogP contribution in [0.5, 0.6) is 5.88 Å². The molecule has 3 rings (SSSR count). The zero-order valence-corrected chi connectivity index (χ0v) is 15.6. The van der Waals surface area contributed by atoms with E-state index in [4.69, 9.17) is 4.74 Å². The molecule has 9 nitrogen and oxygen atoms in total. The molecule has 0 aliphatic carbocycles. The van der Waals surface area contributed by atoms with Gasteiger partial charge < -0.3 is 19.9 Å². The predicted octanol–water partition coefficient (Wildman–Crippen LogP) is 1.00. The number of hydrogen-bond donors (Lipinski definition) is 1. The van der Waals surface area contributed by atoms with Gasteiger partial charge in [0, 0.05) is 52.5 Å². The lowest BCUT2D eigenvalue weighted by atomic mass is 10.0. The summed E-state index contributed by atoms with van der Waals surface area (Å²) in [7, 11) is 7.20. The van der Waals surface area contributed by atoms with Crippen molar-refractivity contribution in [3.05, 3.63) is 24.2 Å². The van der Waals surface area contributed by atoms with Gasteiger partial charge in [-0.05, 0) is 12.8 Å². The SMILES string of the molecule is COc1nn(C)cc1C(=O)N1CCC(Nc2cc(N(C)C)ncn2)CC1. The minimum Gasteiger partial charge on any atom is -0.479 e. The lowest BCUT2D eigenvalue weighted by molar-refractivity contribution is 0.0715. The fraction of sp³-hybridized carbons (Fsp3) is 0.529. The average Bonchev–Trinajstić information content (AvgIpc) is 3.03. The highest BCUT2D eigenvalue weighted by Crippen LogP contribution is 2.22. The predicted molar refractivity (Wildman–Crippen MR) is 98.7 cm³/mol. The highest BCUT2D eigenvalue weighted by molar-refractivity contribution is 5.96. The van der Waals surface area contributed by atoms with Crippen molar-refractivity contribution in [1.29, 1.82) is 0 Å². The first-order valence-corrected chi connectivity index (χ1v) is 8.60. The molecule has 1 aliphatic heterocycles. The van der Waals surface area contributed by atoms with Gasteiger partial charge in [-0.2, -0.15) is 0 Å². The number of hydrogen-bond acceptors (Lipinski definition) is 7. The third-order valence-electron chi connectivity index (χ3n) is 4.46. The average molecular weight is 359 g/mol. The van der Waals surface area contributed by atoms with Crippen LogP contribution in [0.4, 0.5) is 11.6 Å². The first kappa shape index (κ1) is 18.0. The van der Waals surface area contributed by atoms with Gasteiger partial charge in [0.1, 0.15) is 23.5 Å². The van der Waals surface area contributed by atoms with E-state index in [0.29, 0.717) is 24.5 Å². The Bertz CT molecular complexity index is 766. The molecule has 0 unspecified atom stereocenters. The standard InChI is InChI=1S/C17H25N7O2/c1-22(2)15-9-14(18-11-19-15)20-12-5-7-24(8-6-12)17(25)13-10-23(3)21-16(13)26-4/h9-12H,5-8H2,1-4H3,(H,18,19,20). The van der Waals surface area contributed by atoms with Crippen molar-refractivity contribution in [3.8, 4) is 5.88 Å². The Kier molecular flexibility index (Phi) is 5.24. The van der Waals surface area contributed by atoms with Gasteiger partial charge in [0.15, 0.2) is 0 Å². The first-order chi connectivity index (χ1) is 12.5. The molecular formula is C17H25N7O2. The van der Waals surface area contributed by atoms with Gasteiger partial charge in [0.05, 0.1) is 7.11 Å². The monoisotopic (exact) mass is 359 g/mol. The van der Waals surface area contributed by atoms with Crippen LogP contribution in [0.1, 0.15) is 23.2 Å². The molecule has 1 saturated heterocycles. The van der Waals surface area contributed by atoms with Gasteiger partial charge in [-0.3, -0.25) is 9.48 Å². The molecule has 0 radical (unpaired) electrons. The number of methoxy groups -OCH3 is 1. The van der Waals surface area contributed by atoms with E-state index in [-0.39, 0.29) is 11.9 Å². The maximum atomic E-state index is 12.7. The molecule has 140 valence electrons. The molecule has 26 heavy (non-hydrogen) atoms. The molecule has 0 saturated carbocycles. The van der Waals surface area contributed by atoms with Crippen LogP contribution >= 0.6 is 0 Å². The Morgan fingerprint density at radius 1 is 1.31 bits per heavy atom. The second-order valence-electron chi connectivity index (χ2n) is 6.59. The Labute approximate surface area is 153 Å². The number of amides is 1. The van der Waals surface area contributed by atoms with E-state index >= 15 is 0 Å². The van der Waals surface area contributed by atoms with Crippen LogP contribution in [0.15, 0.2) is 18.6 Å². The van der Waals surface area contributed by atoms with E-state index in [1.54, 1.807) is 24.3 Å². The molecule has 9 heteroatoms. The molecule has 0 atom stereocenters. The van der Waals surface area contributed by atoms with Gasteiger partial charge in [0.2, 0.25) is 5.88 Å². The Morgan fingerprint density at radius 2 is 2.04 bits per heavy atom. The summed E-state index contributed by atoms with van der Waals surface area (Å²) >= 11 is 0. The summed E-state index contributed by atoms with van der Waals surface area (Å²) in [6, 6.07) is 2.21. The summed E-state index contributed by atoms with van der Waals surface area (Å²) < 4.78 is 6.79. The normalized spacial score (nSPS) is 15.0. The Hall–Kier alpha value is -2.84. The van der Waals surface area contributed by atoms with E-state index in [1.807, 2.05) is 30.0 Å². The summed E-state index contributed by atoms with van der Waals surface area (Å²) in [5.41, 5.74) is 0.507. The second-order valence-corrected chi connectivity index (χ2v) is 6.59. The zero-order chi connectivity index (χ0) is 18.7. The van der Waals surface area contributed by atoms with E-state index in [2.05, 4.69) is 20.4 Å². The molecule has 0 bridgehead atoms. The molecule has 0 aromatic carbocycles. The maximum Gasteiger partial charge on any atom is 0.260 e. The van der Waals surface area contributed by atoms with Gasteiger partial charge >= 0.3 is 0 Å². The third-order valence-corrected chi connectivity index (χ3v) is 4.46. The van der Waals surface area contributed by atoms with Crippen LogP contribution < -0.4 is 15.0 Å². The van der Waals surface area contributed by atoms with E-state index in [0.717, 1.165) is 24.5 Å². The van der Waals surface area contributed by atoms with Gasteiger partial charge in [-0.15, -0.1) is 5.10 Å². The van der Waals surface area contributed by atoms with Crippen LogP contribution in [-0.4, -0.2) is 70.9 Å². The van der Waals surface area contributed by atoms with Crippen molar-refractivity contribution < 1.29 is 9.53 Å². The van der Waals surface area contributed by atoms with Crippen LogP contribution in [0.3, 0.4) is 0 Å². The minimum atomic E-state index is -0.0367. The molecule has 3 heterocycles. The number of carbonyl (C=O) groups excluding carboxylic acids is 1. The second kappa shape index (κ2) is 7.59. The highest BCUT2D eigenvalue weighted by Gasteiger charge is 2.27. The molecular weight excluding hydrogens is 334 g/mol. The molecule has 1 N–H and O–H groups in total. The lowest BCUT2D eigenvalue weighted by Crippen LogP contribution is -2.42. The number of nitrogens with one attached hydrogen (secondary N) is 1. The first-order valence-electron chi connectivity index (χ1n) is 8.60. The van der Waals surface area contributed by atoms with Crippen LogP contribution in [0, 0.1) is 0 Å². The van der Waals surface area contributed by atoms with Crippen molar-refractivity contribution >= 4 is 17.5 Å². The maximum absolute atomic E-state index is 12.7. The summed E-state index contributed by atoms with van der Waals surface area (Å²) in [6.07, 6.45) is 4.98.